The van der Waals surface area contributed by atoms with E-state index in [1.807, 2.05) is 17.8 Å². The van der Waals surface area contributed by atoms with E-state index in [0.717, 1.165) is 89.4 Å². The molecular weight excluding hydrogens is 557 g/mol. The van der Waals surface area contributed by atoms with Crippen molar-refractivity contribution in [2.45, 2.75) is 77.8 Å². The van der Waals surface area contributed by atoms with Gasteiger partial charge in [-0.15, -0.1) is 0 Å². The molecule has 2 fully saturated rings. The second-order valence-electron chi connectivity index (χ2n) is 12.2. The average molecular weight is 597 g/mol. The molecule has 2 aliphatic heterocycles. The minimum Gasteiger partial charge on any atom is -0.377 e. The summed E-state index contributed by atoms with van der Waals surface area (Å²) in [4.78, 5) is 9.24. The molecule has 6 rings (SSSR count). The number of pyridine rings is 1. The van der Waals surface area contributed by atoms with Crippen LogP contribution in [0.5, 0.6) is 0 Å². The van der Waals surface area contributed by atoms with E-state index in [2.05, 4.69) is 48.7 Å². The Kier molecular flexibility index (Phi) is 8.23. The maximum absolute atomic E-state index is 6.08. The molecule has 2 atom stereocenters. The van der Waals surface area contributed by atoms with Crippen LogP contribution in [0.2, 0.25) is 25.7 Å². The van der Waals surface area contributed by atoms with Crippen LogP contribution in [0, 0.1) is 6.92 Å². The first-order valence-corrected chi connectivity index (χ1v) is 19.1. The maximum atomic E-state index is 6.08. The molecule has 11 nitrogen and oxygen atoms in total. The van der Waals surface area contributed by atoms with Crippen molar-refractivity contribution in [1.29, 1.82) is 0 Å². The van der Waals surface area contributed by atoms with Crippen LogP contribution < -0.4 is 4.90 Å². The fourth-order valence-electron chi connectivity index (χ4n) is 5.29. The highest BCUT2D eigenvalue weighted by atomic mass is 32.1. The summed E-state index contributed by atoms with van der Waals surface area (Å²) < 4.78 is 25.6. The van der Waals surface area contributed by atoms with Gasteiger partial charge in [0.15, 0.2) is 6.23 Å². The molecule has 0 radical (unpaired) electrons. The number of aromatic nitrogens is 7. The molecule has 2 saturated heterocycles. The fourth-order valence-corrected chi connectivity index (χ4v) is 6.90. The second kappa shape index (κ2) is 11.9. The highest BCUT2D eigenvalue weighted by molar-refractivity contribution is 7.14. The van der Waals surface area contributed by atoms with Crippen LogP contribution >= 0.6 is 11.5 Å². The van der Waals surface area contributed by atoms with Crippen LogP contribution in [-0.4, -0.2) is 81.2 Å². The summed E-state index contributed by atoms with van der Waals surface area (Å²) in [6.45, 7) is 15.2. The van der Waals surface area contributed by atoms with Crippen molar-refractivity contribution in [1.82, 2.24) is 34.1 Å². The van der Waals surface area contributed by atoms with Crippen LogP contribution in [0.25, 0.3) is 32.9 Å². The van der Waals surface area contributed by atoms with Gasteiger partial charge >= 0.3 is 0 Å². The number of rotatable bonds is 9. The van der Waals surface area contributed by atoms with E-state index in [-0.39, 0.29) is 12.3 Å². The molecule has 0 amide bonds. The second-order valence-corrected chi connectivity index (χ2v) is 18.6. The molecule has 1 unspecified atom stereocenters. The van der Waals surface area contributed by atoms with Crippen molar-refractivity contribution in [2.75, 3.05) is 37.9 Å². The molecule has 0 saturated carbocycles. The first kappa shape index (κ1) is 28.4. The molecule has 6 heterocycles. The Balaban J connectivity index is 1.40. The summed E-state index contributed by atoms with van der Waals surface area (Å²) in [5.74, 6) is 0.891. The quantitative estimate of drug-likeness (QED) is 0.187. The summed E-state index contributed by atoms with van der Waals surface area (Å²) in [5, 5.41) is 14.2. The largest absolute Gasteiger partial charge is 0.377 e. The minimum absolute atomic E-state index is 0.121. The van der Waals surface area contributed by atoms with Gasteiger partial charge in [-0.25, -0.2) is 9.67 Å². The van der Waals surface area contributed by atoms with Gasteiger partial charge in [0.2, 0.25) is 0 Å². The lowest BCUT2D eigenvalue weighted by molar-refractivity contribution is -0.0479. The van der Waals surface area contributed by atoms with Crippen LogP contribution in [0.15, 0.2) is 18.3 Å². The Labute approximate surface area is 246 Å². The molecule has 0 aromatic carbocycles. The maximum Gasteiger partial charge on any atom is 0.169 e. The van der Waals surface area contributed by atoms with Gasteiger partial charge in [0.25, 0.3) is 0 Å². The van der Waals surface area contributed by atoms with Gasteiger partial charge < -0.3 is 19.1 Å². The molecule has 4 aromatic heterocycles. The van der Waals surface area contributed by atoms with Crippen molar-refractivity contribution >= 4 is 35.6 Å². The van der Waals surface area contributed by atoms with Gasteiger partial charge in [-0.2, -0.15) is 24.5 Å². The molecule has 0 N–H and O–H groups in total. The van der Waals surface area contributed by atoms with Crippen LogP contribution in [0.4, 0.5) is 5.82 Å². The van der Waals surface area contributed by atoms with Crippen LogP contribution in [-0.2, 0) is 20.9 Å². The number of morpholine rings is 1. The smallest absolute Gasteiger partial charge is 0.169 e. The molecular formula is C28H40N8O3SSi. The normalized spacial score (nSPS) is 20.3. The Morgan fingerprint density at radius 1 is 1.15 bits per heavy atom. The number of fused-ring (bicyclic) bond motifs is 1. The van der Waals surface area contributed by atoms with Crippen molar-refractivity contribution < 1.29 is 14.2 Å². The van der Waals surface area contributed by atoms with Crippen molar-refractivity contribution in [2.24, 2.45) is 0 Å². The zero-order chi connectivity index (χ0) is 28.6. The third-order valence-electron chi connectivity index (χ3n) is 7.63. The Hall–Kier alpha value is -2.71. The lowest BCUT2D eigenvalue weighted by Crippen LogP contribution is -2.44. The zero-order valence-corrected chi connectivity index (χ0v) is 26.5. The Morgan fingerprint density at radius 3 is 2.80 bits per heavy atom. The summed E-state index contributed by atoms with van der Waals surface area (Å²) in [7, 11) is -1.18. The zero-order valence-electron chi connectivity index (χ0n) is 24.7. The summed E-state index contributed by atoms with van der Waals surface area (Å²) in [5.41, 5.74) is 5.25. The fraction of sp³-hybridized carbons (Fsp3) is 0.607. The minimum atomic E-state index is -1.18. The van der Waals surface area contributed by atoms with Crippen LogP contribution in [0.3, 0.4) is 0 Å². The van der Waals surface area contributed by atoms with Crippen molar-refractivity contribution in [3.8, 4) is 22.6 Å². The van der Waals surface area contributed by atoms with E-state index in [9.17, 15) is 0 Å². The molecule has 4 aromatic rings. The molecule has 0 aliphatic carbocycles. The third kappa shape index (κ3) is 6.24. The summed E-state index contributed by atoms with van der Waals surface area (Å²) >= 11 is 1.44. The standard InChI is InChI=1S/C28H40N8O3SSi/c1-19-14-23(35(31-19)18-38-12-13-41(3,4)5)26-27-28(40-33-26)21(15-24(30-27)34-9-11-37-17-20(34)2)22-16-29-36(32-22)25-8-6-7-10-39-25/h14-16,20,25H,6-13,17-18H2,1-5H3/t20-,25?/m1/s1. The number of hydrogen-bond acceptors (Lipinski definition) is 10. The van der Waals surface area contributed by atoms with Gasteiger partial charge in [0.1, 0.15) is 29.5 Å². The molecule has 13 heteroatoms. The van der Waals surface area contributed by atoms with E-state index in [1.165, 1.54) is 11.5 Å². The average Bonchev–Trinajstić information content (AvgIpc) is 3.69. The predicted molar refractivity (Wildman–Crippen MR) is 163 cm³/mol. The number of nitrogens with zero attached hydrogens (tertiary/aromatic N) is 8. The first-order valence-electron chi connectivity index (χ1n) is 14.6. The highest BCUT2D eigenvalue weighted by Crippen LogP contribution is 2.39. The number of aryl methyl sites for hydroxylation is 1. The van der Waals surface area contributed by atoms with Gasteiger partial charge in [-0.05, 0) is 62.8 Å². The van der Waals surface area contributed by atoms with Gasteiger partial charge in [0.05, 0.1) is 41.5 Å². The number of anilines is 1. The molecule has 0 spiro atoms. The molecule has 41 heavy (non-hydrogen) atoms. The third-order valence-corrected chi connectivity index (χ3v) is 10.2. The van der Waals surface area contributed by atoms with Gasteiger partial charge in [-0.1, -0.05) is 19.6 Å². The summed E-state index contributed by atoms with van der Waals surface area (Å²) in [6, 6.07) is 5.51. The topological polar surface area (TPSA) is 105 Å². The lowest BCUT2D eigenvalue weighted by atomic mass is 10.1. The van der Waals surface area contributed by atoms with Crippen LogP contribution in [0.1, 0.15) is 38.1 Å². The first-order chi connectivity index (χ1) is 19.8. The molecule has 0 bridgehead atoms. The van der Waals surface area contributed by atoms with E-state index in [4.69, 9.17) is 33.8 Å². The van der Waals surface area contributed by atoms with E-state index in [1.54, 1.807) is 4.80 Å². The predicted octanol–water partition coefficient (Wildman–Crippen LogP) is 5.36. The van der Waals surface area contributed by atoms with Crippen molar-refractivity contribution in [3.63, 3.8) is 0 Å². The number of hydrogen-bond donors (Lipinski definition) is 0. The number of ether oxygens (including phenoxy) is 3. The Bertz CT molecular complexity index is 1490. The lowest BCUT2D eigenvalue weighted by Gasteiger charge is -2.34. The highest BCUT2D eigenvalue weighted by Gasteiger charge is 2.27. The van der Waals surface area contributed by atoms with Gasteiger partial charge in [0, 0.05) is 33.4 Å². The van der Waals surface area contributed by atoms with Crippen molar-refractivity contribution in [3.05, 3.63) is 24.0 Å². The van der Waals surface area contributed by atoms with E-state index >= 15 is 0 Å². The van der Waals surface area contributed by atoms with E-state index in [0.29, 0.717) is 19.9 Å². The molecule has 220 valence electrons. The SMILES string of the molecule is Cc1cc(-c2nsc3c(-c4cnn(C5CCCCO5)n4)cc(N4CCOC[C@H]4C)nc23)n(COCC[Si](C)(C)C)n1. The van der Waals surface area contributed by atoms with E-state index < -0.39 is 8.07 Å². The van der Waals surface area contributed by atoms with Gasteiger partial charge in [-0.3, -0.25) is 0 Å². The monoisotopic (exact) mass is 596 g/mol. The summed E-state index contributed by atoms with van der Waals surface area (Å²) in [6.07, 6.45) is 4.83. The Morgan fingerprint density at radius 2 is 2.02 bits per heavy atom. The molecule has 2 aliphatic rings.